The SMILES string of the molecule is CN1/C(=C/C=C/c2cc[n+](C)c3ccccc23)C(C)(C)c2cc3c(cc21)C(C)(C)/C(=C\C=C\c1cc[n+](C)c2ccccc12)N3C. The van der Waals surface area contributed by atoms with Gasteiger partial charge in [-0.2, -0.15) is 0 Å². The first-order valence-electron chi connectivity index (χ1n) is 16.2. The Balaban J connectivity index is 1.20. The molecule has 0 bridgehead atoms. The van der Waals surface area contributed by atoms with Crippen molar-refractivity contribution in [2.24, 2.45) is 14.1 Å². The largest absolute Gasteiger partial charge is 0.347 e. The molecule has 5 aromatic rings. The lowest BCUT2D eigenvalue weighted by molar-refractivity contribution is -0.645. The maximum atomic E-state index is 2.44. The Morgan fingerprint density at radius 3 is 1.37 bits per heavy atom. The Kier molecular flexibility index (Phi) is 7.01. The molecular formula is C42H44N4+2. The van der Waals surface area contributed by atoms with Crippen molar-refractivity contribution in [3.8, 4) is 0 Å². The number of hydrogen-bond acceptors (Lipinski definition) is 2. The summed E-state index contributed by atoms with van der Waals surface area (Å²) in [6.07, 6.45) is 17.8. The number of anilines is 2. The molecule has 0 aliphatic carbocycles. The van der Waals surface area contributed by atoms with E-state index in [1.54, 1.807) is 0 Å². The minimum Gasteiger partial charge on any atom is -0.347 e. The Morgan fingerprint density at radius 1 is 0.565 bits per heavy atom. The van der Waals surface area contributed by atoms with Gasteiger partial charge in [0.15, 0.2) is 12.4 Å². The van der Waals surface area contributed by atoms with Crippen LogP contribution in [0.15, 0.2) is 121 Å². The van der Waals surface area contributed by atoms with Gasteiger partial charge in [0, 0.05) is 72.0 Å². The third-order valence-electron chi connectivity index (χ3n) is 10.4. The van der Waals surface area contributed by atoms with Crippen molar-refractivity contribution in [3.05, 3.63) is 143 Å². The summed E-state index contributed by atoms with van der Waals surface area (Å²) in [6, 6.07) is 26.4. The van der Waals surface area contributed by atoms with Crippen molar-refractivity contribution in [3.63, 3.8) is 0 Å². The zero-order valence-corrected chi connectivity index (χ0v) is 28.3. The lowest BCUT2D eigenvalue weighted by Gasteiger charge is -2.25. The van der Waals surface area contributed by atoms with Crippen LogP contribution in [0.3, 0.4) is 0 Å². The number of rotatable bonds is 4. The third-order valence-corrected chi connectivity index (χ3v) is 10.4. The first kappa shape index (κ1) is 29.7. The van der Waals surface area contributed by atoms with Crippen molar-refractivity contribution in [1.29, 1.82) is 0 Å². The van der Waals surface area contributed by atoms with Crippen LogP contribution in [0, 0.1) is 0 Å². The molecule has 2 aliphatic rings. The molecule has 0 unspecified atom stereocenters. The Hall–Kier alpha value is -4.96. The van der Waals surface area contributed by atoms with Gasteiger partial charge in [0.2, 0.25) is 11.0 Å². The molecule has 0 spiro atoms. The second kappa shape index (κ2) is 10.8. The Morgan fingerprint density at radius 2 is 0.957 bits per heavy atom. The van der Waals surface area contributed by atoms with Crippen LogP contribution in [0.5, 0.6) is 0 Å². The van der Waals surface area contributed by atoms with Gasteiger partial charge in [-0.25, -0.2) is 9.13 Å². The molecule has 2 aliphatic heterocycles. The van der Waals surface area contributed by atoms with E-state index in [2.05, 4.69) is 196 Å². The van der Waals surface area contributed by atoms with Gasteiger partial charge < -0.3 is 9.80 Å². The van der Waals surface area contributed by atoms with E-state index in [-0.39, 0.29) is 10.8 Å². The van der Waals surface area contributed by atoms with Crippen molar-refractivity contribution in [2.75, 3.05) is 23.9 Å². The van der Waals surface area contributed by atoms with Crippen LogP contribution in [-0.2, 0) is 24.9 Å². The molecule has 4 heterocycles. The van der Waals surface area contributed by atoms with Gasteiger partial charge >= 0.3 is 0 Å². The molecule has 0 saturated carbocycles. The number of aryl methyl sites for hydroxylation is 2. The van der Waals surface area contributed by atoms with E-state index in [0.29, 0.717) is 0 Å². The number of nitrogens with zero attached hydrogens (tertiary/aromatic N) is 4. The Labute approximate surface area is 273 Å². The molecule has 0 N–H and O–H groups in total. The van der Waals surface area contributed by atoms with Gasteiger partial charge in [-0.1, -0.05) is 76.3 Å². The van der Waals surface area contributed by atoms with Crippen LogP contribution in [0.4, 0.5) is 11.4 Å². The van der Waals surface area contributed by atoms with E-state index >= 15 is 0 Å². The predicted octanol–water partition coefficient (Wildman–Crippen LogP) is 8.29. The highest BCUT2D eigenvalue weighted by Gasteiger charge is 2.44. The molecule has 0 amide bonds. The highest BCUT2D eigenvalue weighted by atomic mass is 15.2. The van der Waals surface area contributed by atoms with Crippen molar-refractivity contribution in [2.45, 2.75) is 38.5 Å². The van der Waals surface area contributed by atoms with E-state index in [9.17, 15) is 0 Å². The molecule has 2 aromatic heterocycles. The first-order chi connectivity index (χ1) is 22.0. The van der Waals surface area contributed by atoms with Gasteiger partial charge in [-0.15, -0.1) is 0 Å². The summed E-state index contributed by atoms with van der Waals surface area (Å²) in [5.41, 5.74) is 12.6. The summed E-state index contributed by atoms with van der Waals surface area (Å²) >= 11 is 0. The van der Waals surface area contributed by atoms with Gasteiger partial charge in [0.1, 0.15) is 14.1 Å². The van der Waals surface area contributed by atoms with E-state index < -0.39 is 0 Å². The van der Waals surface area contributed by atoms with Gasteiger partial charge in [-0.05, 0) is 58.7 Å². The molecule has 0 atom stereocenters. The summed E-state index contributed by atoms with van der Waals surface area (Å²) in [5.74, 6) is 0. The summed E-state index contributed by atoms with van der Waals surface area (Å²) < 4.78 is 4.35. The lowest BCUT2D eigenvalue weighted by Crippen LogP contribution is -2.28. The lowest BCUT2D eigenvalue weighted by atomic mass is 9.80. The summed E-state index contributed by atoms with van der Waals surface area (Å²) in [7, 11) is 8.63. The number of pyridine rings is 2. The van der Waals surface area contributed by atoms with Crippen molar-refractivity contribution >= 4 is 45.3 Å². The fraction of sp³-hybridized carbons (Fsp3) is 0.238. The van der Waals surface area contributed by atoms with E-state index in [0.717, 1.165) is 0 Å². The molecule has 0 saturated heterocycles. The first-order valence-corrected chi connectivity index (χ1v) is 16.2. The van der Waals surface area contributed by atoms with Crippen LogP contribution in [-0.4, -0.2) is 14.1 Å². The zero-order valence-electron chi connectivity index (χ0n) is 28.3. The monoisotopic (exact) mass is 604 g/mol. The molecule has 0 radical (unpaired) electrons. The molecule has 46 heavy (non-hydrogen) atoms. The molecular weight excluding hydrogens is 560 g/mol. The predicted molar refractivity (Wildman–Crippen MR) is 194 cm³/mol. The molecule has 7 rings (SSSR count). The maximum Gasteiger partial charge on any atom is 0.212 e. The van der Waals surface area contributed by atoms with E-state index in [1.807, 2.05) is 0 Å². The number of para-hydroxylation sites is 2. The number of benzene rings is 3. The maximum absolute atomic E-state index is 2.44. The molecule has 0 fully saturated rings. The average molecular weight is 605 g/mol. The van der Waals surface area contributed by atoms with E-state index in [4.69, 9.17) is 0 Å². The number of allylic oxidation sites excluding steroid dienone is 6. The smallest absolute Gasteiger partial charge is 0.212 e. The second-order valence-electron chi connectivity index (χ2n) is 13.9. The van der Waals surface area contributed by atoms with Crippen LogP contribution in [0.2, 0.25) is 0 Å². The normalized spacial score (nSPS) is 18.6. The van der Waals surface area contributed by atoms with Gasteiger partial charge in [-0.3, -0.25) is 0 Å². The topological polar surface area (TPSA) is 14.2 Å². The minimum atomic E-state index is -0.128. The van der Waals surface area contributed by atoms with Crippen molar-refractivity contribution in [1.82, 2.24) is 0 Å². The molecule has 3 aromatic carbocycles. The highest BCUT2D eigenvalue weighted by molar-refractivity contribution is 5.87. The third kappa shape index (κ3) is 4.58. The van der Waals surface area contributed by atoms with Crippen LogP contribution < -0.4 is 18.9 Å². The number of hydrogen-bond donors (Lipinski definition) is 0. The number of fused-ring (bicyclic) bond motifs is 4. The van der Waals surface area contributed by atoms with Gasteiger partial charge in [0.05, 0.1) is 10.8 Å². The van der Waals surface area contributed by atoms with Crippen LogP contribution in [0.25, 0.3) is 34.0 Å². The summed E-state index contributed by atoms with van der Waals surface area (Å²) in [4.78, 5) is 4.78. The fourth-order valence-electron chi connectivity index (χ4n) is 7.70. The van der Waals surface area contributed by atoms with Crippen LogP contribution >= 0.6 is 0 Å². The molecule has 230 valence electrons. The second-order valence-corrected chi connectivity index (χ2v) is 13.9. The quantitative estimate of drug-likeness (QED) is 0.192. The average Bonchev–Trinajstić information content (AvgIpc) is 3.35. The zero-order chi connectivity index (χ0) is 32.4. The summed E-state index contributed by atoms with van der Waals surface area (Å²) in [6.45, 7) is 9.40. The van der Waals surface area contributed by atoms with Gasteiger partial charge in [0.25, 0.3) is 0 Å². The minimum absolute atomic E-state index is 0.128. The Bertz CT molecular complexity index is 2000. The van der Waals surface area contributed by atoms with Crippen molar-refractivity contribution < 1.29 is 9.13 Å². The standard InChI is InChI=1S/C42H44N4/c1-41(2)33-27-38-34(28-37(33)45(7)39(41)21-13-15-29-23-25-43(5)35-19-11-9-17-31(29)35)42(3,4)40(46(38)8)22-14-16-30-24-26-44(6)36-20-12-10-18-32(30)36/h9-28H,1-8H3/q+2. The van der Waals surface area contributed by atoms with E-state index in [1.165, 1.54) is 66.8 Å². The fourth-order valence-corrected chi connectivity index (χ4v) is 7.70. The molecule has 4 nitrogen and oxygen atoms in total. The number of aromatic nitrogens is 2. The number of likely N-dealkylation sites (N-methyl/N-ethyl adjacent to an activating group) is 2. The summed E-state index contributed by atoms with van der Waals surface area (Å²) in [5, 5.41) is 2.52. The van der Waals surface area contributed by atoms with Crippen LogP contribution in [0.1, 0.15) is 49.9 Å². The molecule has 4 heteroatoms. The highest BCUT2D eigenvalue weighted by Crippen LogP contribution is 2.55.